The van der Waals surface area contributed by atoms with E-state index in [-0.39, 0.29) is 0 Å². The van der Waals surface area contributed by atoms with E-state index >= 15 is 0 Å². The van der Waals surface area contributed by atoms with Gasteiger partial charge >= 0.3 is 5.97 Å². The monoisotopic (exact) mass is 194 g/mol. The number of hydrogen-bond donors (Lipinski definition) is 1. The highest BCUT2D eigenvalue weighted by Gasteiger charge is 2.15. The number of aliphatic hydroxyl groups excluding tert-OH is 1. The number of carbonyl (C=O) groups is 1. The fourth-order valence-corrected chi connectivity index (χ4v) is 1.28. The molecule has 0 aromatic heterocycles. The summed E-state index contributed by atoms with van der Waals surface area (Å²) in [5.74, 6) is -0.591. The van der Waals surface area contributed by atoms with Crippen molar-refractivity contribution in [2.75, 3.05) is 7.11 Å². The lowest BCUT2D eigenvalue weighted by molar-refractivity contribution is -0.150. The van der Waals surface area contributed by atoms with Crippen molar-refractivity contribution in [3.8, 4) is 0 Å². The van der Waals surface area contributed by atoms with Gasteiger partial charge in [0, 0.05) is 6.42 Å². The van der Waals surface area contributed by atoms with Gasteiger partial charge in [0.05, 0.1) is 7.11 Å². The fourth-order valence-electron chi connectivity index (χ4n) is 1.28. The number of methoxy groups -OCH3 is 1. The molecule has 3 nitrogen and oxygen atoms in total. The maximum absolute atomic E-state index is 10.9. The van der Waals surface area contributed by atoms with Crippen molar-refractivity contribution in [2.24, 2.45) is 0 Å². The first-order valence-electron chi connectivity index (χ1n) is 4.45. The minimum Gasteiger partial charge on any atom is -0.467 e. The molecule has 0 spiro atoms. The van der Waals surface area contributed by atoms with Crippen LogP contribution in [0.4, 0.5) is 0 Å². The second-order valence-corrected chi connectivity index (χ2v) is 3.23. The maximum atomic E-state index is 10.9. The first-order chi connectivity index (χ1) is 6.63. The van der Waals surface area contributed by atoms with E-state index in [2.05, 4.69) is 4.74 Å². The highest BCUT2D eigenvalue weighted by atomic mass is 16.5. The number of rotatable bonds is 3. The van der Waals surface area contributed by atoms with Gasteiger partial charge in [-0.25, -0.2) is 4.79 Å². The molecule has 0 saturated carbocycles. The van der Waals surface area contributed by atoms with Crippen molar-refractivity contribution in [3.05, 3.63) is 35.4 Å². The Morgan fingerprint density at radius 3 is 2.86 bits per heavy atom. The zero-order chi connectivity index (χ0) is 10.6. The predicted molar refractivity (Wildman–Crippen MR) is 52.9 cm³/mol. The normalized spacial score (nSPS) is 12.2. The fraction of sp³-hybridized carbons (Fsp3) is 0.364. The van der Waals surface area contributed by atoms with Gasteiger partial charge in [0.2, 0.25) is 0 Å². The molecule has 0 heterocycles. The number of aryl methyl sites for hydroxylation is 1. The summed E-state index contributed by atoms with van der Waals surface area (Å²) in [4.78, 5) is 10.9. The van der Waals surface area contributed by atoms with Crippen LogP contribution in [0.1, 0.15) is 11.1 Å². The molecule has 3 heteroatoms. The molecule has 0 saturated heterocycles. The van der Waals surface area contributed by atoms with E-state index in [1.165, 1.54) is 7.11 Å². The third kappa shape index (κ3) is 2.85. The third-order valence-corrected chi connectivity index (χ3v) is 1.98. The second-order valence-electron chi connectivity index (χ2n) is 3.23. The lowest BCUT2D eigenvalue weighted by Gasteiger charge is -2.08. The van der Waals surface area contributed by atoms with Gasteiger partial charge in [0.1, 0.15) is 0 Å². The zero-order valence-corrected chi connectivity index (χ0v) is 8.36. The van der Waals surface area contributed by atoms with E-state index in [4.69, 9.17) is 0 Å². The van der Waals surface area contributed by atoms with Crippen LogP contribution in [0.3, 0.4) is 0 Å². The molecule has 0 aliphatic heterocycles. The quantitative estimate of drug-likeness (QED) is 0.732. The number of benzene rings is 1. The molecule has 1 aromatic rings. The summed E-state index contributed by atoms with van der Waals surface area (Å²) in [6.45, 7) is 1.97. The molecular formula is C11H14O3. The molecule has 0 aliphatic carbocycles. The maximum Gasteiger partial charge on any atom is 0.335 e. The summed E-state index contributed by atoms with van der Waals surface area (Å²) in [5.41, 5.74) is 2.04. The van der Waals surface area contributed by atoms with Crippen LogP contribution >= 0.6 is 0 Å². The summed E-state index contributed by atoms with van der Waals surface area (Å²) in [7, 11) is 1.27. The number of esters is 1. The van der Waals surface area contributed by atoms with Crippen molar-refractivity contribution in [1.29, 1.82) is 0 Å². The summed E-state index contributed by atoms with van der Waals surface area (Å²) in [5, 5.41) is 9.39. The molecule has 0 bridgehead atoms. The van der Waals surface area contributed by atoms with Crippen molar-refractivity contribution in [2.45, 2.75) is 19.4 Å². The Morgan fingerprint density at radius 1 is 1.57 bits per heavy atom. The molecule has 1 aromatic carbocycles. The molecule has 0 fully saturated rings. The van der Waals surface area contributed by atoms with Crippen LogP contribution in [0.15, 0.2) is 24.3 Å². The number of ether oxygens (including phenoxy) is 1. The molecule has 76 valence electrons. The second kappa shape index (κ2) is 4.77. The third-order valence-electron chi connectivity index (χ3n) is 1.98. The largest absolute Gasteiger partial charge is 0.467 e. The number of carbonyl (C=O) groups excluding carboxylic acids is 1. The van der Waals surface area contributed by atoms with E-state index < -0.39 is 12.1 Å². The molecule has 0 aliphatic rings. The van der Waals surface area contributed by atoms with Crippen LogP contribution in [0, 0.1) is 6.92 Å². The van der Waals surface area contributed by atoms with Crippen LogP contribution < -0.4 is 0 Å². The van der Waals surface area contributed by atoms with Gasteiger partial charge < -0.3 is 9.84 Å². The van der Waals surface area contributed by atoms with Gasteiger partial charge in [-0.2, -0.15) is 0 Å². The minimum atomic E-state index is -1.07. The smallest absolute Gasteiger partial charge is 0.335 e. The van der Waals surface area contributed by atoms with Crippen molar-refractivity contribution in [3.63, 3.8) is 0 Å². The summed E-state index contributed by atoms with van der Waals surface area (Å²) in [6.07, 6.45) is -0.768. The Bertz CT molecular complexity index is 320. The van der Waals surface area contributed by atoms with Crippen molar-refractivity contribution >= 4 is 5.97 Å². The lowest BCUT2D eigenvalue weighted by atomic mass is 10.1. The molecule has 0 unspecified atom stereocenters. The van der Waals surface area contributed by atoms with Crippen LogP contribution in [-0.2, 0) is 16.0 Å². The summed E-state index contributed by atoms with van der Waals surface area (Å²) in [6, 6.07) is 7.67. The lowest BCUT2D eigenvalue weighted by Crippen LogP contribution is -2.24. The average molecular weight is 194 g/mol. The SMILES string of the molecule is COC(=O)[C@@H](O)Cc1cccc(C)c1. The Hall–Kier alpha value is -1.35. The minimum absolute atomic E-state index is 0.300. The van der Waals surface area contributed by atoms with Crippen LogP contribution in [0.5, 0.6) is 0 Å². The average Bonchev–Trinajstić information content (AvgIpc) is 2.16. The first-order valence-corrected chi connectivity index (χ1v) is 4.45. The first kappa shape index (κ1) is 10.7. The van der Waals surface area contributed by atoms with Crippen molar-refractivity contribution in [1.82, 2.24) is 0 Å². The summed E-state index contributed by atoms with van der Waals surface area (Å²) >= 11 is 0. The van der Waals surface area contributed by atoms with Crippen LogP contribution in [0.25, 0.3) is 0 Å². The topological polar surface area (TPSA) is 46.5 Å². The molecule has 0 amide bonds. The van der Waals surface area contributed by atoms with Crippen molar-refractivity contribution < 1.29 is 14.6 Å². The van der Waals surface area contributed by atoms with E-state index in [1.54, 1.807) is 0 Å². The standard InChI is InChI=1S/C11H14O3/c1-8-4-3-5-9(6-8)7-10(12)11(13)14-2/h3-6,10,12H,7H2,1-2H3/t10-/m0/s1. The van der Waals surface area contributed by atoms with E-state index in [9.17, 15) is 9.90 Å². The van der Waals surface area contributed by atoms with Gasteiger partial charge in [-0.3, -0.25) is 0 Å². The van der Waals surface area contributed by atoms with Gasteiger partial charge in [-0.15, -0.1) is 0 Å². The molecule has 0 radical (unpaired) electrons. The Morgan fingerprint density at radius 2 is 2.29 bits per heavy atom. The highest BCUT2D eigenvalue weighted by molar-refractivity contribution is 5.74. The van der Waals surface area contributed by atoms with E-state index in [0.717, 1.165) is 11.1 Å². The number of hydrogen-bond acceptors (Lipinski definition) is 3. The molecule has 1 atom stereocenters. The Kier molecular flexibility index (Phi) is 3.65. The van der Waals surface area contributed by atoms with E-state index in [1.807, 2.05) is 31.2 Å². The molecule has 1 rings (SSSR count). The zero-order valence-electron chi connectivity index (χ0n) is 8.36. The molecular weight excluding hydrogens is 180 g/mol. The van der Waals surface area contributed by atoms with Crippen LogP contribution in [-0.4, -0.2) is 24.3 Å². The van der Waals surface area contributed by atoms with Gasteiger partial charge in [-0.05, 0) is 12.5 Å². The Balaban J connectivity index is 2.64. The van der Waals surface area contributed by atoms with Gasteiger partial charge in [0.15, 0.2) is 6.10 Å². The molecule has 14 heavy (non-hydrogen) atoms. The predicted octanol–water partition coefficient (Wildman–Crippen LogP) is 1.07. The van der Waals surface area contributed by atoms with E-state index in [0.29, 0.717) is 6.42 Å². The summed E-state index contributed by atoms with van der Waals surface area (Å²) < 4.78 is 4.43. The molecule has 1 N–H and O–H groups in total. The van der Waals surface area contributed by atoms with Gasteiger partial charge in [-0.1, -0.05) is 29.8 Å². The van der Waals surface area contributed by atoms with Crippen LogP contribution in [0.2, 0.25) is 0 Å². The van der Waals surface area contributed by atoms with Gasteiger partial charge in [0.25, 0.3) is 0 Å². The highest BCUT2D eigenvalue weighted by Crippen LogP contribution is 2.07. The Labute approximate surface area is 83.3 Å². The number of aliphatic hydroxyl groups is 1.